The lowest BCUT2D eigenvalue weighted by Crippen LogP contribution is -2.23. The average Bonchev–Trinajstić information content (AvgIpc) is 2.90. The highest BCUT2D eigenvalue weighted by molar-refractivity contribution is 7.18. The van der Waals surface area contributed by atoms with Crippen LogP contribution in [0.15, 0.2) is 24.4 Å². The molecule has 0 saturated heterocycles. The molecule has 2 aromatic heterocycles. The van der Waals surface area contributed by atoms with Gasteiger partial charge in [0.1, 0.15) is 5.69 Å². The van der Waals surface area contributed by atoms with Crippen LogP contribution in [0.5, 0.6) is 0 Å². The maximum atomic E-state index is 4.30. The first-order chi connectivity index (χ1) is 8.85. The second-order valence-electron chi connectivity index (χ2n) is 4.04. The van der Waals surface area contributed by atoms with Crippen molar-refractivity contribution in [3.05, 3.63) is 24.4 Å². The first kappa shape index (κ1) is 13.0. The molecule has 2 aromatic rings. The third-order valence-corrected chi connectivity index (χ3v) is 3.74. The molecular weight excluding hydrogens is 244 g/mol. The van der Waals surface area contributed by atoms with Gasteiger partial charge in [-0.1, -0.05) is 30.7 Å². The van der Waals surface area contributed by atoms with Crippen molar-refractivity contribution in [1.29, 1.82) is 0 Å². The molecule has 0 N–H and O–H groups in total. The predicted molar refractivity (Wildman–Crippen MR) is 75.9 cm³/mol. The van der Waals surface area contributed by atoms with Gasteiger partial charge in [-0.15, -0.1) is 10.2 Å². The van der Waals surface area contributed by atoms with Crippen molar-refractivity contribution < 1.29 is 0 Å². The summed E-state index contributed by atoms with van der Waals surface area (Å²) in [6.07, 6.45) is 4.17. The van der Waals surface area contributed by atoms with Crippen molar-refractivity contribution in [1.82, 2.24) is 15.2 Å². The monoisotopic (exact) mass is 262 g/mol. The van der Waals surface area contributed by atoms with E-state index >= 15 is 0 Å². The highest BCUT2D eigenvalue weighted by Gasteiger charge is 2.12. The zero-order valence-electron chi connectivity index (χ0n) is 10.8. The van der Waals surface area contributed by atoms with E-state index in [1.54, 1.807) is 17.5 Å². The minimum Gasteiger partial charge on any atom is -0.347 e. The Labute approximate surface area is 112 Å². The molecule has 0 aliphatic rings. The molecule has 0 bridgehead atoms. The normalized spacial score (nSPS) is 10.6. The van der Waals surface area contributed by atoms with E-state index in [4.69, 9.17) is 0 Å². The van der Waals surface area contributed by atoms with Crippen molar-refractivity contribution in [2.75, 3.05) is 18.0 Å². The summed E-state index contributed by atoms with van der Waals surface area (Å²) in [7, 11) is 0. The minimum atomic E-state index is 0.889. The summed E-state index contributed by atoms with van der Waals surface area (Å²) >= 11 is 1.61. The van der Waals surface area contributed by atoms with Gasteiger partial charge in [0, 0.05) is 19.3 Å². The fourth-order valence-electron chi connectivity index (χ4n) is 1.67. The van der Waals surface area contributed by atoms with Gasteiger partial charge in [0.2, 0.25) is 5.13 Å². The molecule has 2 heterocycles. The molecule has 0 unspecified atom stereocenters. The number of rotatable bonds is 6. The maximum absolute atomic E-state index is 4.30. The Hall–Kier alpha value is -1.49. The predicted octanol–water partition coefficient (Wildman–Crippen LogP) is 3.23. The van der Waals surface area contributed by atoms with Crippen molar-refractivity contribution in [3.8, 4) is 10.7 Å². The largest absolute Gasteiger partial charge is 0.347 e. The van der Waals surface area contributed by atoms with Gasteiger partial charge >= 0.3 is 0 Å². The number of hydrogen-bond acceptors (Lipinski definition) is 5. The first-order valence-electron chi connectivity index (χ1n) is 6.35. The third-order valence-electron chi connectivity index (χ3n) is 2.73. The van der Waals surface area contributed by atoms with Gasteiger partial charge in [-0.05, 0) is 25.5 Å². The van der Waals surface area contributed by atoms with Crippen LogP contribution in [0, 0.1) is 0 Å². The smallest absolute Gasteiger partial charge is 0.208 e. The van der Waals surface area contributed by atoms with Crippen molar-refractivity contribution in [2.45, 2.75) is 26.7 Å². The Morgan fingerprint density at radius 2 is 2.11 bits per heavy atom. The molecule has 0 saturated carbocycles. The molecule has 5 heteroatoms. The lowest BCUT2D eigenvalue weighted by Gasteiger charge is -2.18. The molecule has 96 valence electrons. The minimum absolute atomic E-state index is 0.889. The molecule has 0 aromatic carbocycles. The molecule has 0 radical (unpaired) electrons. The fraction of sp³-hybridized carbons (Fsp3) is 0.462. The zero-order valence-corrected chi connectivity index (χ0v) is 11.7. The van der Waals surface area contributed by atoms with E-state index in [9.17, 15) is 0 Å². The summed E-state index contributed by atoms with van der Waals surface area (Å²) in [6, 6.07) is 5.84. The molecular formula is C13H18N4S. The van der Waals surface area contributed by atoms with Crippen LogP contribution in [0.3, 0.4) is 0 Å². The molecule has 0 spiro atoms. The lowest BCUT2D eigenvalue weighted by atomic mass is 10.3. The number of pyridine rings is 1. The van der Waals surface area contributed by atoms with Gasteiger partial charge in [-0.3, -0.25) is 4.98 Å². The third kappa shape index (κ3) is 3.04. The van der Waals surface area contributed by atoms with Crippen LogP contribution in [0.1, 0.15) is 26.7 Å². The number of nitrogens with zero attached hydrogens (tertiary/aromatic N) is 4. The first-order valence-corrected chi connectivity index (χ1v) is 7.16. The Balaban J connectivity index is 2.14. The van der Waals surface area contributed by atoms with E-state index in [-0.39, 0.29) is 0 Å². The van der Waals surface area contributed by atoms with E-state index in [1.165, 1.54) is 12.8 Å². The topological polar surface area (TPSA) is 41.9 Å². The fourth-order valence-corrected chi connectivity index (χ4v) is 2.59. The summed E-state index contributed by atoms with van der Waals surface area (Å²) in [5.41, 5.74) is 0.896. The number of hydrogen-bond donors (Lipinski definition) is 0. The van der Waals surface area contributed by atoms with Crippen LogP contribution < -0.4 is 4.90 Å². The standard InChI is InChI=1S/C13H18N4S/c1-3-5-10-17(4-2)13-16-15-12(18-13)11-8-6-7-9-14-11/h6-9H,3-5,10H2,1-2H3. The highest BCUT2D eigenvalue weighted by atomic mass is 32.1. The highest BCUT2D eigenvalue weighted by Crippen LogP contribution is 2.27. The van der Waals surface area contributed by atoms with Gasteiger partial charge < -0.3 is 4.90 Å². The number of aromatic nitrogens is 3. The van der Waals surface area contributed by atoms with E-state index in [2.05, 4.69) is 33.9 Å². The molecule has 0 atom stereocenters. The van der Waals surface area contributed by atoms with Gasteiger partial charge in [-0.25, -0.2) is 0 Å². The van der Waals surface area contributed by atoms with Crippen LogP contribution >= 0.6 is 11.3 Å². The summed E-state index contributed by atoms with van der Waals surface area (Å²) < 4.78 is 0. The van der Waals surface area contributed by atoms with Crippen LogP contribution in [0.2, 0.25) is 0 Å². The molecule has 4 nitrogen and oxygen atoms in total. The molecule has 0 amide bonds. The van der Waals surface area contributed by atoms with E-state index in [0.717, 1.165) is 28.9 Å². The molecule has 18 heavy (non-hydrogen) atoms. The number of unbranched alkanes of at least 4 members (excludes halogenated alkanes) is 1. The van der Waals surface area contributed by atoms with Gasteiger partial charge in [0.15, 0.2) is 5.01 Å². The van der Waals surface area contributed by atoms with E-state index < -0.39 is 0 Å². The second kappa shape index (κ2) is 6.44. The Bertz CT molecular complexity index is 469. The van der Waals surface area contributed by atoms with Crippen LogP contribution in [-0.4, -0.2) is 28.3 Å². The van der Waals surface area contributed by atoms with Crippen LogP contribution in [0.25, 0.3) is 10.7 Å². The summed E-state index contributed by atoms with van der Waals surface area (Å²) in [5.74, 6) is 0. The Morgan fingerprint density at radius 3 is 2.78 bits per heavy atom. The van der Waals surface area contributed by atoms with E-state index in [1.807, 2.05) is 18.2 Å². The van der Waals surface area contributed by atoms with Crippen LogP contribution in [-0.2, 0) is 0 Å². The maximum Gasteiger partial charge on any atom is 0.208 e. The van der Waals surface area contributed by atoms with Gasteiger partial charge in [0.25, 0.3) is 0 Å². The summed E-state index contributed by atoms with van der Waals surface area (Å²) in [6.45, 7) is 6.37. The van der Waals surface area contributed by atoms with Crippen LogP contribution in [0.4, 0.5) is 5.13 Å². The molecule has 2 rings (SSSR count). The SMILES string of the molecule is CCCCN(CC)c1nnc(-c2ccccn2)s1. The van der Waals surface area contributed by atoms with Gasteiger partial charge in [-0.2, -0.15) is 0 Å². The Kier molecular flexibility index (Phi) is 4.64. The van der Waals surface area contributed by atoms with Crippen molar-refractivity contribution in [2.24, 2.45) is 0 Å². The van der Waals surface area contributed by atoms with Crippen molar-refractivity contribution in [3.63, 3.8) is 0 Å². The Morgan fingerprint density at radius 1 is 1.22 bits per heavy atom. The summed E-state index contributed by atoms with van der Waals surface area (Å²) in [4.78, 5) is 6.57. The van der Waals surface area contributed by atoms with E-state index in [0.29, 0.717) is 0 Å². The quantitative estimate of drug-likeness (QED) is 0.801. The van der Waals surface area contributed by atoms with Crippen molar-refractivity contribution >= 4 is 16.5 Å². The van der Waals surface area contributed by atoms with Gasteiger partial charge in [0.05, 0.1) is 0 Å². The lowest BCUT2D eigenvalue weighted by molar-refractivity contribution is 0.726. The second-order valence-corrected chi connectivity index (χ2v) is 4.99. The summed E-state index contributed by atoms with van der Waals surface area (Å²) in [5, 5.41) is 10.4. The molecule has 0 aliphatic heterocycles. The average molecular weight is 262 g/mol. The zero-order chi connectivity index (χ0) is 12.8. The molecule has 0 aliphatic carbocycles. The molecule has 0 fully saturated rings. The number of anilines is 1.